The molecule has 1 saturated heterocycles. The molecule has 31 heavy (non-hydrogen) atoms. The first kappa shape index (κ1) is 21.6. The predicted molar refractivity (Wildman–Crippen MR) is 112 cm³/mol. The topological polar surface area (TPSA) is 93.2 Å². The second-order valence-electron chi connectivity index (χ2n) is 11.5. The number of carbonyl (C=O) groups is 3. The number of carbonyl (C=O) groups excluding carboxylic acids is 3. The number of ketones is 2. The van der Waals surface area contributed by atoms with Gasteiger partial charge in [0.2, 0.25) is 5.78 Å². The Hall–Kier alpha value is -1.27. The number of ether oxygens (including phenoxy) is 2. The Morgan fingerprint density at radius 1 is 1.19 bits per heavy atom. The maximum atomic E-state index is 13.3. The number of aliphatic hydroxyl groups is 1. The summed E-state index contributed by atoms with van der Waals surface area (Å²) in [6.07, 6.45) is 5.87. The van der Waals surface area contributed by atoms with E-state index in [2.05, 4.69) is 13.8 Å². The van der Waals surface area contributed by atoms with Crippen molar-refractivity contribution in [2.45, 2.75) is 96.4 Å². The molecule has 0 aromatic carbocycles. The van der Waals surface area contributed by atoms with Crippen LogP contribution in [0.5, 0.6) is 0 Å². The van der Waals surface area contributed by atoms with Gasteiger partial charge in [-0.2, -0.15) is 0 Å². The Bertz CT molecular complexity index is 838. The van der Waals surface area contributed by atoms with Crippen molar-refractivity contribution in [3.8, 4) is 0 Å². The summed E-state index contributed by atoms with van der Waals surface area (Å²) in [4.78, 5) is 37.9. The molecule has 5 aliphatic rings. The highest BCUT2D eigenvalue weighted by atomic mass is 16.6. The van der Waals surface area contributed by atoms with E-state index in [0.29, 0.717) is 36.9 Å². The normalized spacial score (nSPS) is 52.4. The van der Waals surface area contributed by atoms with Crippen LogP contribution in [0.15, 0.2) is 0 Å². The summed E-state index contributed by atoms with van der Waals surface area (Å²) in [5.41, 5.74) is -2.07. The number of epoxide rings is 1. The average Bonchev–Trinajstić information content (AvgIpc) is 3.41. The molecule has 4 saturated carbocycles. The lowest BCUT2D eigenvalue weighted by Gasteiger charge is -2.59. The first-order valence-corrected chi connectivity index (χ1v) is 12.2. The molecule has 0 aromatic heterocycles. The van der Waals surface area contributed by atoms with Crippen molar-refractivity contribution in [3.05, 3.63) is 0 Å². The fraction of sp³-hybridized carbons (Fsp3) is 0.880. The van der Waals surface area contributed by atoms with Crippen LogP contribution in [0.2, 0.25) is 0 Å². The van der Waals surface area contributed by atoms with E-state index in [1.807, 2.05) is 6.92 Å². The van der Waals surface area contributed by atoms with Crippen LogP contribution in [0.25, 0.3) is 0 Å². The molecule has 5 fully saturated rings. The zero-order valence-corrected chi connectivity index (χ0v) is 19.2. The van der Waals surface area contributed by atoms with Crippen molar-refractivity contribution in [1.82, 2.24) is 0 Å². The number of rotatable bonds is 4. The van der Waals surface area contributed by atoms with Gasteiger partial charge in [0.25, 0.3) is 0 Å². The predicted octanol–water partition coefficient (Wildman–Crippen LogP) is 3.23. The van der Waals surface area contributed by atoms with Gasteiger partial charge in [-0.05, 0) is 49.9 Å². The second kappa shape index (κ2) is 6.63. The van der Waals surface area contributed by atoms with E-state index in [9.17, 15) is 19.5 Å². The van der Waals surface area contributed by atoms with Gasteiger partial charge in [0.05, 0.1) is 6.10 Å². The maximum absolute atomic E-state index is 13.3. The Morgan fingerprint density at radius 3 is 2.61 bits per heavy atom. The van der Waals surface area contributed by atoms with Gasteiger partial charge in [-0.3, -0.25) is 14.4 Å². The fourth-order valence-electron chi connectivity index (χ4n) is 9.06. The van der Waals surface area contributed by atoms with Crippen LogP contribution in [-0.2, 0) is 23.9 Å². The average molecular weight is 433 g/mol. The van der Waals surface area contributed by atoms with Gasteiger partial charge in [0.1, 0.15) is 18.0 Å². The Balaban J connectivity index is 1.57. The molecule has 1 aliphatic heterocycles. The van der Waals surface area contributed by atoms with Crippen molar-refractivity contribution < 1.29 is 29.0 Å². The van der Waals surface area contributed by atoms with Crippen LogP contribution in [0.3, 0.4) is 0 Å². The van der Waals surface area contributed by atoms with Crippen LogP contribution in [-0.4, -0.2) is 46.6 Å². The Morgan fingerprint density at radius 2 is 1.94 bits per heavy atom. The summed E-state index contributed by atoms with van der Waals surface area (Å²) >= 11 is 0. The molecule has 1 N–H and O–H groups in total. The molecule has 172 valence electrons. The molecule has 2 unspecified atom stereocenters. The van der Waals surface area contributed by atoms with Crippen LogP contribution < -0.4 is 0 Å². The molecule has 1 heterocycles. The van der Waals surface area contributed by atoms with Gasteiger partial charge in [-0.25, -0.2) is 0 Å². The fourth-order valence-corrected chi connectivity index (χ4v) is 9.06. The molecule has 5 rings (SSSR count). The van der Waals surface area contributed by atoms with E-state index in [1.165, 1.54) is 0 Å². The van der Waals surface area contributed by atoms with Gasteiger partial charge in [0, 0.05) is 36.0 Å². The number of hydrogen-bond acceptors (Lipinski definition) is 6. The molecular formula is C25H36O6. The summed E-state index contributed by atoms with van der Waals surface area (Å²) < 4.78 is 12.7. The SMILES string of the molecule is CCC(=O)O[C@@]1(C(=O)CO)[C@@H](C)C[C@H]2[C@@H]3CC[C@H]4CC(=O)CC[C@]4(C)C34OC4C[C@@]21C. The summed E-state index contributed by atoms with van der Waals surface area (Å²) in [5.74, 6) is 0.335. The van der Waals surface area contributed by atoms with Crippen molar-refractivity contribution in [2.24, 2.45) is 34.5 Å². The zero-order valence-electron chi connectivity index (χ0n) is 19.2. The highest BCUT2D eigenvalue weighted by Crippen LogP contribution is 2.77. The van der Waals surface area contributed by atoms with Gasteiger partial charge in [-0.15, -0.1) is 0 Å². The highest BCUT2D eigenvalue weighted by molar-refractivity contribution is 5.92. The van der Waals surface area contributed by atoms with Gasteiger partial charge in [0.15, 0.2) is 5.60 Å². The van der Waals surface area contributed by atoms with Gasteiger partial charge < -0.3 is 14.6 Å². The molecular weight excluding hydrogens is 396 g/mol. The van der Waals surface area contributed by atoms with Crippen molar-refractivity contribution in [2.75, 3.05) is 6.61 Å². The number of fused-ring (bicyclic) bond motifs is 3. The van der Waals surface area contributed by atoms with Gasteiger partial charge >= 0.3 is 5.97 Å². The summed E-state index contributed by atoms with van der Waals surface area (Å²) in [6.45, 7) is 7.56. The Labute approximate surface area is 184 Å². The van der Waals surface area contributed by atoms with Crippen molar-refractivity contribution in [3.63, 3.8) is 0 Å². The molecule has 0 radical (unpaired) electrons. The van der Waals surface area contributed by atoms with Crippen LogP contribution >= 0.6 is 0 Å². The number of esters is 1. The van der Waals surface area contributed by atoms with Crippen LogP contribution in [0.4, 0.5) is 0 Å². The van der Waals surface area contributed by atoms with Crippen LogP contribution in [0.1, 0.15) is 79.1 Å². The lowest BCUT2D eigenvalue weighted by molar-refractivity contribution is -0.195. The third-order valence-electron chi connectivity index (χ3n) is 10.5. The zero-order chi connectivity index (χ0) is 22.4. The molecule has 0 aromatic rings. The number of hydrogen-bond donors (Lipinski definition) is 1. The lowest BCUT2D eigenvalue weighted by Crippen LogP contribution is -2.65. The van der Waals surface area contributed by atoms with E-state index in [4.69, 9.17) is 9.47 Å². The minimum atomic E-state index is -1.29. The quantitative estimate of drug-likeness (QED) is 0.542. The third-order valence-corrected chi connectivity index (χ3v) is 10.5. The largest absolute Gasteiger partial charge is 0.450 e. The van der Waals surface area contributed by atoms with Gasteiger partial charge in [-0.1, -0.05) is 27.7 Å². The standard InChI is InChI=1S/C25H36O6/c1-5-21(29)31-24(19(28)13-26)14(2)10-18-17-7-6-15-11-16(27)8-9-22(15,3)25(17)20(30-25)12-23(18,24)4/h14-15,17-18,20,26H,5-13H2,1-4H3/t14-,15-,17-,18-,20?,22-,23-,24+,25?/m0/s1. The summed E-state index contributed by atoms with van der Waals surface area (Å²) in [6, 6.07) is 0. The second-order valence-corrected chi connectivity index (χ2v) is 11.5. The monoisotopic (exact) mass is 432 g/mol. The highest BCUT2D eigenvalue weighted by Gasteiger charge is 2.83. The molecule has 1 spiro atoms. The van der Waals surface area contributed by atoms with E-state index in [1.54, 1.807) is 6.92 Å². The Kier molecular flexibility index (Phi) is 4.61. The van der Waals surface area contributed by atoms with Crippen LogP contribution in [0, 0.1) is 34.5 Å². The number of Topliss-reactive ketones (excluding diaryl/α,β-unsaturated/α-hetero) is 2. The molecule has 6 heteroatoms. The van der Waals surface area contributed by atoms with E-state index < -0.39 is 17.6 Å². The first-order valence-electron chi connectivity index (χ1n) is 12.2. The van der Waals surface area contributed by atoms with E-state index >= 15 is 0 Å². The maximum Gasteiger partial charge on any atom is 0.306 e. The minimum absolute atomic E-state index is 0.00854. The molecule has 4 aliphatic carbocycles. The minimum Gasteiger partial charge on any atom is -0.450 e. The third kappa shape index (κ3) is 2.39. The lowest BCUT2D eigenvalue weighted by atomic mass is 9.44. The van der Waals surface area contributed by atoms with E-state index in [-0.39, 0.29) is 47.1 Å². The van der Waals surface area contributed by atoms with E-state index in [0.717, 1.165) is 25.7 Å². The van der Waals surface area contributed by atoms with Crippen molar-refractivity contribution >= 4 is 17.5 Å². The van der Waals surface area contributed by atoms with Crippen molar-refractivity contribution in [1.29, 1.82) is 0 Å². The molecule has 0 amide bonds. The smallest absolute Gasteiger partial charge is 0.306 e. The number of aliphatic hydroxyl groups excluding tert-OH is 1. The first-order chi connectivity index (χ1) is 14.6. The summed E-state index contributed by atoms with van der Waals surface area (Å²) in [5, 5.41) is 9.89. The molecule has 0 bridgehead atoms. The summed E-state index contributed by atoms with van der Waals surface area (Å²) in [7, 11) is 0. The molecule has 6 nitrogen and oxygen atoms in total. The molecule has 9 atom stereocenters.